The van der Waals surface area contributed by atoms with Crippen molar-refractivity contribution in [3.05, 3.63) is 48.0 Å². The van der Waals surface area contributed by atoms with Gasteiger partial charge in [-0.05, 0) is 43.2 Å². The summed E-state index contributed by atoms with van der Waals surface area (Å²) in [6.45, 7) is 6.10. The van der Waals surface area contributed by atoms with E-state index in [0.29, 0.717) is 0 Å². The molecule has 3 aromatic rings. The van der Waals surface area contributed by atoms with Gasteiger partial charge in [-0.2, -0.15) is 0 Å². The topological polar surface area (TPSA) is 45.6 Å². The van der Waals surface area contributed by atoms with Gasteiger partial charge in [0.25, 0.3) is 0 Å². The molecule has 0 aliphatic rings. The number of rotatable bonds is 5. The van der Waals surface area contributed by atoms with Crippen LogP contribution in [0.3, 0.4) is 0 Å². The molecule has 0 aliphatic heterocycles. The van der Waals surface area contributed by atoms with Crippen LogP contribution in [0.5, 0.6) is 0 Å². The van der Waals surface area contributed by atoms with Crippen molar-refractivity contribution in [1.82, 2.24) is 14.5 Å². The minimum absolute atomic E-state index is 0.843. The van der Waals surface area contributed by atoms with Gasteiger partial charge < -0.3 is 14.9 Å². The van der Waals surface area contributed by atoms with Crippen molar-refractivity contribution in [2.45, 2.75) is 33.4 Å². The third kappa shape index (κ3) is 2.69. The standard InChI is InChI=1S/C16H20N4/c1-3-7-20-8-6-13(11-20)10-17-14-4-5-15-16(9-14)19-12(2)18-15/h4-6,8-9,11,17H,3,7,10H2,1-2H3,(H,18,19). The van der Waals surface area contributed by atoms with Gasteiger partial charge in [0, 0.05) is 31.2 Å². The van der Waals surface area contributed by atoms with E-state index >= 15 is 0 Å². The number of nitrogens with one attached hydrogen (secondary N) is 2. The SMILES string of the molecule is CCCn1ccc(CNc2ccc3nc(C)[nH]c3c2)c1. The molecule has 0 unspecified atom stereocenters. The molecule has 4 nitrogen and oxygen atoms in total. The average molecular weight is 268 g/mol. The van der Waals surface area contributed by atoms with Crippen molar-refractivity contribution < 1.29 is 0 Å². The van der Waals surface area contributed by atoms with Crippen LogP contribution >= 0.6 is 0 Å². The van der Waals surface area contributed by atoms with Gasteiger partial charge in [0.1, 0.15) is 5.82 Å². The smallest absolute Gasteiger partial charge is 0.104 e. The summed E-state index contributed by atoms with van der Waals surface area (Å²) in [6.07, 6.45) is 5.51. The normalized spacial score (nSPS) is 11.1. The van der Waals surface area contributed by atoms with Crippen LogP contribution in [0.25, 0.3) is 11.0 Å². The summed E-state index contributed by atoms with van der Waals surface area (Å²) in [4.78, 5) is 7.67. The van der Waals surface area contributed by atoms with E-state index in [1.165, 1.54) is 5.56 Å². The summed E-state index contributed by atoms with van der Waals surface area (Å²) in [5, 5.41) is 3.46. The van der Waals surface area contributed by atoms with Gasteiger partial charge in [-0.15, -0.1) is 0 Å². The molecule has 0 fully saturated rings. The summed E-state index contributed by atoms with van der Waals surface area (Å²) in [7, 11) is 0. The van der Waals surface area contributed by atoms with Gasteiger partial charge in [-0.3, -0.25) is 0 Å². The number of anilines is 1. The molecule has 0 saturated carbocycles. The third-order valence-electron chi connectivity index (χ3n) is 3.39. The first-order chi connectivity index (χ1) is 9.74. The second-order valence-electron chi connectivity index (χ2n) is 5.17. The fraction of sp³-hybridized carbons (Fsp3) is 0.312. The van der Waals surface area contributed by atoms with Crippen molar-refractivity contribution in [3.8, 4) is 0 Å². The van der Waals surface area contributed by atoms with Crippen LogP contribution in [0.1, 0.15) is 24.7 Å². The first-order valence-corrected chi connectivity index (χ1v) is 7.09. The van der Waals surface area contributed by atoms with Gasteiger partial charge in [0.15, 0.2) is 0 Å². The first kappa shape index (κ1) is 12.8. The molecule has 3 rings (SSSR count). The van der Waals surface area contributed by atoms with E-state index in [1.54, 1.807) is 0 Å². The highest BCUT2D eigenvalue weighted by Gasteiger charge is 2.01. The van der Waals surface area contributed by atoms with Gasteiger partial charge in [-0.25, -0.2) is 4.98 Å². The van der Waals surface area contributed by atoms with Crippen LogP contribution < -0.4 is 5.32 Å². The second kappa shape index (κ2) is 5.41. The van der Waals surface area contributed by atoms with Crippen LogP contribution in [-0.4, -0.2) is 14.5 Å². The van der Waals surface area contributed by atoms with E-state index in [9.17, 15) is 0 Å². The predicted octanol–water partition coefficient (Wildman–Crippen LogP) is 3.69. The Morgan fingerprint density at radius 1 is 1.30 bits per heavy atom. The Morgan fingerprint density at radius 2 is 2.20 bits per heavy atom. The van der Waals surface area contributed by atoms with Crippen LogP contribution in [0.4, 0.5) is 5.69 Å². The molecule has 2 heterocycles. The number of benzene rings is 1. The number of aromatic amines is 1. The summed E-state index contributed by atoms with van der Waals surface area (Å²) in [5.74, 6) is 0.953. The van der Waals surface area contributed by atoms with E-state index in [2.05, 4.69) is 57.4 Å². The Balaban J connectivity index is 1.69. The fourth-order valence-corrected chi connectivity index (χ4v) is 2.44. The Bertz CT molecular complexity index is 708. The van der Waals surface area contributed by atoms with Crippen LogP contribution in [0.15, 0.2) is 36.7 Å². The lowest BCUT2D eigenvalue weighted by molar-refractivity contribution is 0.682. The minimum atomic E-state index is 0.843. The van der Waals surface area contributed by atoms with Crippen molar-refractivity contribution in [2.75, 3.05) is 5.32 Å². The van der Waals surface area contributed by atoms with E-state index in [-0.39, 0.29) is 0 Å². The van der Waals surface area contributed by atoms with E-state index < -0.39 is 0 Å². The third-order valence-corrected chi connectivity index (χ3v) is 3.39. The zero-order chi connectivity index (χ0) is 13.9. The van der Waals surface area contributed by atoms with Gasteiger partial charge in [0.2, 0.25) is 0 Å². The van der Waals surface area contributed by atoms with Crippen molar-refractivity contribution in [3.63, 3.8) is 0 Å². The molecule has 0 saturated heterocycles. The molecule has 0 bridgehead atoms. The monoisotopic (exact) mass is 268 g/mol. The molecule has 104 valence electrons. The number of hydrogen-bond donors (Lipinski definition) is 2. The summed E-state index contributed by atoms with van der Waals surface area (Å²) >= 11 is 0. The predicted molar refractivity (Wildman–Crippen MR) is 82.9 cm³/mol. The maximum Gasteiger partial charge on any atom is 0.104 e. The summed E-state index contributed by atoms with van der Waals surface area (Å²) < 4.78 is 2.23. The highest BCUT2D eigenvalue weighted by atomic mass is 14.9. The highest BCUT2D eigenvalue weighted by molar-refractivity contribution is 5.79. The Labute approximate surface area is 118 Å². The molecule has 0 amide bonds. The Kier molecular flexibility index (Phi) is 3.46. The molecule has 2 aromatic heterocycles. The zero-order valence-corrected chi connectivity index (χ0v) is 12.0. The molecule has 1 aromatic carbocycles. The lowest BCUT2D eigenvalue weighted by Crippen LogP contribution is -1.98. The van der Waals surface area contributed by atoms with Gasteiger partial charge in [-0.1, -0.05) is 6.92 Å². The number of fused-ring (bicyclic) bond motifs is 1. The minimum Gasteiger partial charge on any atom is -0.381 e. The van der Waals surface area contributed by atoms with Crippen LogP contribution in [0, 0.1) is 6.92 Å². The largest absolute Gasteiger partial charge is 0.381 e. The molecule has 0 aliphatic carbocycles. The molecule has 0 atom stereocenters. The van der Waals surface area contributed by atoms with Gasteiger partial charge >= 0.3 is 0 Å². The number of imidazole rings is 1. The lowest BCUT2D eigenvalue weighted by Gasteiger charge is -2.05. The molecule has 0 radical (unpaired) electrons. The van der Waals surface area contributed by atoms with Crippen LogP contribution in [0.2, 0.25) is 0 Å². The number of H-pyrrole nitrogens is 1. The van der Waals surface area contributed by atoms with Crippen LogP contribution in [-0.2, 0) is 13.1 Å². The second-order valence-corrected chi connectivity index (χ2v) is 5.17. The highest BCUT2D eigenvalue weighted by Crippen LogP contribution is 2.17. The first-order valence-electron chi connectivity index (χ1n) is 7.09. The van der Waals surface area contributed by atoms with E-state index in [0.717, 1.165) is 42.1 Å². The average Bonchev–Trinajstić information content (AvgIpc) is 3.01. The molecule has 2 N–H and O–H groups in total. The number of hydrogen-bond acceptors (Lipinski definition) is 2. The zero-order valence-electron chi connectivity index (χ0n) is 12.0. The maximum atomic E-state index is 4.41. The molecular weight excluding hydrogens is 248 g/mol. The van der Waals surface area contributed by atoms with Crippen molar-refractivity contribution in [1.29, 1.82) is 0 Å². The quantitative estimate of drug-likeness (QED) is 0.741. The number of aromatic nitrogens is 3. The number of nitrogens with zero attached hydrogens (tertiary/aromatic N) is 2. The number of aryl methyl sites for hydroxylation is 2. The summed E-state index contributed by atoms with van der Waals surface area (Å²) in [5.41, 5.74) is 4.52. The Morgan fingerprint density at radius 3 is 3.05 bits per heavy atom. The van der Waals surface area contributed by atoms with E-state index in [4.69, 9.17) is 0 Å². The summed E-state index contributed by atoms with van der Waals surface area (Å²) in [6, 6.07) is 8.40. The van der Waals surface area contributed by atoms with Crippen molar-refractivity contribution in [2.24, 2.45) is 0 Å². The van der Waals surface area contributed by atoms with E-state index in [1.807, 2.05) is 13.0 Å². The molecular formula is C16H20N4. The molecule has 4 heteroatoms. The molecule has 20 heavy (non-hydrogen) atoms. The maximum absolute atomic E-state index is 4.41. The Hall–Kier alpha value is -2.23. The molecule has 0 spiro atoms. The van der Waals surface area contributed by atoms with Gasteiger partial charge in [0.05, 0.1) is 11.0 Å². The lowest BCUT2D eigenvalue weighted by atomic mass is 10.2. The van der Waals surface area contributed by atoms with Crippen molar-refractivity contribution >= 4 is 16.7 Å². The fourth-order valence-electron chi connectivity index (χ4n) is 2.44.